The van der Waals surface area contributed by atoms with E-state index in [9.17, 15) is 0 Å². The molecule has 0 saturated heterocycles. The van der Waals surface area contributed by atoms with Gasteiger partial charge in [-0.15, -0.1) is 0 Å². The van der Waals surface area contributed by atoms with Crippen LogP contribution in [-0.2, 0) is 0 Å². The summed E-state index contributed by atoms with van der Waals surface area (Å²) in [7, 11) is 0. The van der Waals surface area contributed by atoms with Crippen molar-refractivity contribution in [3.63, 3.8) is 0 Å². The fraction of sp³-hybridized carbons (Fsp3) is 0.0714. The van der Waals surface area contributed by atoms with Crippen LogP contribution in [-0.4, -0.2) is 5.84 Å². The predicted molar refractivity (Wildman–Crippen MR) is 87.0 cm³/mol. The van der Waals surface area contributed by atoms with Crippen LogP contribution in [0.3, 0.4) is 0 Å². The number of anilines is 1. The molecule has 92 valence electrons. The molecule has 0 amide bonds. The molecule has 2 aromatic carbocycles. The normalized spacial score (nSPS) is 11.4. The van der Waals surface area contributed by atoms with E-state index >= 15 is 0 Å². The first kappa shape index (κ1) is 13.4. The molecule has 0 saturated carbocycles. The summed E-state index contributed by atoms with van der Waals surface area (Å²) >= 11 is 8.15. The Labute approximate surface area is 125 Å². The molecule has 0 bridgehead atoms. The standard InChI is InChI=1S/C14H12ClIN2/c1-10(17-12-5-3-2-4-6-12)18-14-8-7-11(15)9-13(14)16/h2-9H,1H3,(H,17,18). The highest BCUT2D eigenvalue weighted by Crippen LogP contribution is 2.25. The molecule has 0 atom stereocenters. The molecule has 18 heavy (non-hydrogen) atoms. The maximum atomic E-state index is 5.91. The summed E-state index contributed by atoms with van der Waals surface area (Å²) in [6, 6.07) is 15.6. The number of halogens is 2. The average molecular weight is 371 g/mol. The first-order chi connectivity index (χ1) is 8.65. The van der Waals surface area contributed by atoms with E-state index in [1.54, 1.807) is 0 Å². The quantitative estimate of drug-likeness (QED) is 0.443. The van der Waals surface area contributed by atoms with Crippen molar-refractivity contribution in [1.29, 1.82) is 0 Å². The first-order valence-electron chi connectivity index (χ1n) is 5.47. The van der Waals surface area contributed by atoms with Gasteiger partial charge in [-0.25, -0.2) is 4.99 Å². The summed E-state index contributed by atoms with van der Waals surface area (Å²) < 4.78 is 1.04. The molecule has 0 aliphatic heterocycles. The number of hydrogen-bond acceptors (Lipinski definition) is 1. The van der Waals surface area contributed by atoms with Crippen molar-refractivity contribution < 1.29 is 0 Å². The Morgan fingerprint density at radius 2 is 1.89 bits per heavy atom. The van der Waals surface area contributed by atoms with Crippen LogP contribution in [0.2, 0.25) is 5.02 Å². The second-order valence-corrected chi connectivity index (χ2v) is 5.38. The Morgan fingerprint density at radius 3 is 2.56 bits per heavy atom. The minimum Gasteiger partial charge on any atom is -0.344 e. The Bertz CT molecular complexity index is 567. The number of para-hydroxylation sites is 1. The van der Waals surface area contributed by atoms with Crippen LogP contribution in [0.25, 0.3) is 0 Å². The molecule has 0 aromatic heterocycles. The summed E-state index contributed by atoms with van der Waals surface area (Å²) in [5, 5.41) is 3.97. The number of nitrogens with one attached hydrogen (secondary N) is 1. The van der Waals surface area contributed by atoms with Gasteiger partial charge in [0.1, 0.15) is 5.84 Å². The second kappa shape index (κ2) is 6.20. The summed E-state index contributed by atoms with van der Waals surface area (Å²) in [6.07, 6.45) is 0. The van der Waals surface area contributed by atoms with Crippen molar-refractivity contribution in [3.05, 3.63) is 57.1 Å². The fourth-order valence-electron chi connectivity index (χ4n) is 1.51. The summed E-state index contributed by atoms with van der Waals surface area (Å²) in [4.78, 5) is 4.53. The predicted octanol–water partition coefficient (Wildman–Crippen LogP) is 5.11. The molecule has 2 nitrogen and oxygen atoms in total. The van der Waals surface area contributed by atoms with Crippen LogP contribution in [0.4, 0.5) is 11.4 Å². The van der Waals surface area contributed by atoms with Crippen molar-refractivity contribution in [1.82, 2.24) is 0 Å². The lowest BCUT2D eigenvalue weighted by Crippen LogP contribution is -2.06. The number of amidine groups is 1. The van der Waals surface area contributed by atoms with Crippen LogP contribution in [0.15, 0.2) is 53.5 Å². The molecule has 0 aliphatic carbocycles. The SMILES string of the molecule is CC(=Nc1ccc(Cl)cc1I)Nc1ccccc1. The Balaban J connectivity index is 2.18. The van der Waals surface area contributed by atoms with Crippen LogP contribution in [0.1, 0.15) is 6.92 Å². The van der Waals surface area contributed by atoms with E-state index < -0.39 is 0 Å². The van der Waals surface area contributed by atoms with E-state index in [1.807, 2.05) is 55.5 Å². The summed E-state index contributed by atoms with van der Waals surface area (Å²) in [5.74, 6) is 0.849. The molecule has 2 rings (SSSR count). The number of nitrogens with zero attached hydrogens (tertiary/aromatic N) is 1. The van der Waals surface area contributed by atoms with Crippen molar-refractivity contribution in [2.45, 2.75) is 6.92 Å². The molecule has 0 heterocycles. The van der Waals surface area contributed by atoms with Crippen LogP contribution in [0, 0.1) is 3.57 Å². The third-order valence-corrected chi connectivity index (χ3v) is 3.40. The Hall–Kier alpha value is -1.07. The largest absolute Gasteiger partial charge is 0.344 e. The summed E-state index contributed by atoms with van der Waals surface area (Å²) in [5.41, 5.74) is 1.95. The maximum absolute atomic E-state index is 5.91. The molecule has 1 N–H and O–H groups in total. The van der Waals surface area contributed by atoms with Crippen LogP contribution < -0.4 is 5.32 Å². The zero-order chi connectivity index (χ0) is 13.0. The number of hydrogen-bond donors (Lipinski definition) is 1. The Morgan fingerprint density at radius 1 is 1.17 bits per heavy atom. The fourth-order valence-corrected chi connectivity index (χ4v) is 2.50. The average Bonchev–Trinajstić information content (AvgIpc) is 2.34. The molecule has 0 unspecified atom stereocenters. The first-order valence-corrected chi connectivity index (χ1v) is 6.93. The van der Waals surface area contributed by atoms with E-state index in [0.29, 0.717) is 0 Å². The van der Waals surface area contributed by atoms with Crippen molar-refractivity contribution in [2.75, 3.05) is 5.32 Å². The lowest BCUT2D eigenvalue weighted by molar-refractivity contribution is 1.44. The Kier molecular flexibility index (Phi) is 4.60. The third kappa shape index (κ3) is 3.71. The third-order valence-electron chi connectivity index (χ3n) is 2.30. The van der Waals surface area contributed by atoms with E-state index in [2.05, 4.69) is 32.9 Å². The van der Waals surface area contributed by atoms with Gasteiger partial charge in [0.05, 0.1) is 5.69 Å². The smallest absolute Gasteiger partial charge is 0.103 e. The molecular formula is C14H12ClIN2. The van der Waals surface area contributed by atoms with Crippen LogP contribution >= 0.6 is 34.2 Å². The van der Waals surface area contributed by atoms with Gasteiger partial charge in [0.2, 0.25) is 0 Å². The van der Waals surface area contributed by atoms with Gasteiger partial charge in [-0.05, 0) is 59.8 Å². The summed E-state index contributed by atoms with van der Waals surface area (Å²) in [6.45, 7) is 1.94. The molecule has 4 heteroatoms. The van der Waals surface area contributed by atoms with Crippen LogP contribution in [0.5, 0.6) is 0 Å². The minimum atomic E-state index is 0.729. The highest BCUT2D eigenvalue weighted by atomic mass is 127. The number of aliphatic imine (C=N–C) groups is 1. The van der Waals surface area contributed by atoms with Gasteiger partial charge in [0, 0.05) is 14.3 Å². The van der Waals surface area contributed by atoms with Crippen molar-refractivity contribution in [3.8, 4) is 0 Å². The number of rotatable bonds is 2. The van der Waals surface area contributed by atoms with E-state index in [0.717, 1.165) is 25.8 Å². The van der Waals surface area contributed by atoms with Crippen molar-refractivity contribution >= 4 is 51.4 Å². The van der Waals surface area contributed by atoms with Gasteiger partial charge in [0.25, 0.3) is 0 Å². The second-order valence-electron chi connectivity index (χ2n) is 3.78. The highest BCUT2D eigenvalue weighted by Gasteiger charge is 2.00. The van der Waals surface area contributed by atoms with Crippen molar-refractivity contribution in [2.24, 2.45) is 4.99 Å². The molecule has 0 radical (unpaired) electrons. The van der Waals surface area contributed by atoms with Gasteiger partial charge < -0.3 is 5.32 Å². The monoisotopic (exact) mass is 370 g/mol. The van der Waals surface area contributed by atoms with Gasteiger partial charge in [-0.2, -0.15) is 0 Å². The van der Waals surface area contributed by atoms with E-state index in [-0.39, 0.29) is 0 Å². The van der Waals surface area contributed by atoms with Gasteiger partial charge in [-0.3, -0.25) is 0 Å². The molecular weight excluding hydrogens is 359 g/mol. The molecule has 0 spiro atoms. The molecule has 0 fully saturated rings. The minimum absolute atomic E-state index is 0.729. The van der Waals surface area contributed by atoms with E-state index in [4.69, 9.17) is 11.6 Å². The number of benzene rings is 2. The van der Waals surface area contributed by atoms with Gasteiger partial charge >= 0.3 is 0 Å². The zero-order valence-corrected chi connectivity index (χ0v) is 12.7. The zero-order valence-electron chi connectivity index (χ0n) is 9.82. The maximum Gasteiger partial charge on any atom is 0.103 e. The lowest BCUT2D eigenvalue weighted by Gasteiger charge is -2.06. The highest BCUT2D eigenvalue weighted by molar-refractivity contribution is 14.1. The molecule has 2 aromatic rings. The molecule has 0 aliphatic rings. The van der Waals surface area contributed by atoms with Gasteiger partial charge in [-0.1, -0.05) is 29.8 Å². The van der Waals surface area contributed by atoms with Gasteiger partial charge in [0.15, 0.2) is 0 Å². The topological polar surface area (TPSA) is 24.4 Å². The van der Waals surface area contributed by atoms with E-state index in [1.165, 1.54) is 0 Å². The lowest BCUT2D eigenvalue weighted by atomic mass is 10.3.